The van der Waals surface area contributed by atoms with Gasteiger partial charge < -0.3 is 15.5 Å². The summed E-state index contributed by atoms with van der Waals surface area (Å²) in [5.41, 5.74) is 2.73. The fourth-order valence-corrected chi connectivity index (χ4v) is 2.67. The van der Waals surface area contributed by atoms with Crippen molar-refractivity contribution in [1.29, 1.82) is 0 Å². The van der Waals surface area contributed by atoms with Crippen molar-refractivity contribution < 1.29 is 19.8 Å². The SMILES string of the molecule is Cc1ccc(O)c(C(=O)Nc2cc(-c3ccccc3)ccc2C(=O)O)c1. The topological polar surface area (TPSA) is 86.6 Å². The summed E-state index contributed by atoms with van der Waals surface area (Å²) in [4.78, 5) is 24.1. The summed E-state index contributed by atoms with van der Waals surface area (Å²) in [7, 11) is 0. The van der Waals surface area contributed by atoms with E-state index in [4.69, 9.17) is 0 Å². The molecule has 0 heterocycles. The van der Waals surface area contributed by atoms with Gasteiger partial charge in [0.25, 0.3) is 5.91 Å². The number of phenols is 1. The Morgan fingerprint density at radius 3 is 2.27 bits per heavy atom. The fraction of sp³-hybridized carbons (Fsp3) is 0.0476. The maximum atomic E-state index is 12.5. The molecule has 3 aromatic carbocycles. The number of hydrogen-bond acceptors (Lipinski definition) is 3. The summed E-state index contributed by atoms with van der Waals surface area (Å²) in [5.74, 6) is -1.88. The minimum Gasteiger partial charge on any atom is -0.507 e. The summed E-state index contributed by atoms with van der Waals surface area (Å²) in [6.07, 6.45) is 0. The highest BCUT2D eigenvalue weighted by Gasteiger charge is 2.17. The lowest BCUT2D eigenvalue weighted by Gasteiger charge is -2.12. The summed E-state index contributed by atoms with van der Waals surface area (Å²) in [5, 5.41) is 21.9. The lowest BCUT2D eigenvalue weighted by molar-refractivity contribution is 0.0698. The first-order chi connectivity index (χ1) is 12.5. The van der Waals surface area contributed by atoms with Crippen LogP contribution in [-0.2, 0) is 0 Å². The van der Waals surface area contributed by atoms with E-state index in [1.165, 1.54) is 12.1 Å². The predicted molar refractivity (Wildman–Crippen MR) is 99.6 cm³/mol. The molecule has 3 N–H and O–H groups in total. The molecule has 0 fully saturated rings. The first kappa shape index (κ1) is 17.2. The van der Waals surface area contributed by atoms with Crippen molar-refractivity contribution in [3.8, 4) is 16.9 Å². The number of aryl methyl sites for hydroxylation is 1. The number of nitrogens with one attached hydrogen (secondary N) is 1. The highest BCUT2D eigenvalue weighted by Crippen LogP contribution is 2.27. The van der Waals surface area contributed by atoms with Crippen molar-refractivity contribution in [1.82, 2.24) is 0 Å². The van der Waals surface area contributed by atoms with E-state index in [9.17, 15) is 19.8 Å². The maximum absolute atomic E-state index is 12.5. The van der Waals surface area contributed by atoms with Crippen LogP contribution in [0, 0.1) is 6.92 Å². The molecule has 26 heavy (non-hydrogen) atoms. The number of carboxylic acid groups (broad SMARTS) is 1. The van der Waals surface area contributed by atoms with Gasteiger partial charge in [0, 0.05) is 0 Å². The van der Waals surface area contributed by atoms with Gasteiger partial charge in [-0.2, -0.15) is 0 Å². The predicted octanol–water partition coefficient (Wildman–Crippen LogP) is 4.32. The Bertz CT molecular complexity index is 981. The van der Waals surface area contributed by atoms with Gasteiger partial charge in [-0.3, -0.25) is 4.79 Å². The number of amides is 1. The van der Waals surface area contributed by atoms with Crippen molar-refractivity contribution in [2.75, 3.05) is 5.32 Å². The highest BCUT2D eigenvalue weighted by molar-refractivity contribution is 6.09. The van der Waals surface area contributed by atoms with Crippen LogP contribution in [0.3, 0.4) is 0 Å². The molecule has 0 spiro atoms. The van der Waals surface area contributed by atoms with Crippen LogP contribution in [0.4, 0.5) is 5.69 Å². The average molecular weight is 347 g/mol. The third kappa shape index (κ3) is 3.57. The largest absolute Gasteiger partial charge is 0.507 e. The van der Waals surface area contributed by atoms with Gasteiger partial charge in [-0.15, -0.1) is 0 Å². The molecule has 0 unspecified atom stereocenters. The highest BCUT2D eigenvalue weighted by atomic mass is 16.4. The molecule has 130 valence electrons. The molecule has 0 bridgehead atoms. The molecule has 5 heteroatoms. The van der Waals surface area contributed by atoms with Gasteiger partial charge in [0.05, 0.1) is 16.8 Å². The standard InChI is InChI=1S/C21H17NO4/c1-13-7-10-19(23)17(11-13)20(24)22-18-12-15(8-9-16(18)21(25)26)14-5-3-2-4-6-14/h2-12,23H,1H3,(H,22,24)(H,25,26). The number of benzene rings is 3. The van der Waals surface area contributed by atoms with E-state index in [2.05, 4.69) is 5.32 Å². The maximum Gasteiger partial charge on any atom is 0.337 e. The Kier molecular flexibility index (Phi) is 4.71. The molecule has 0 aliphatic heterocycles. The lowest BCUT2D eigenvalue weighted by atomic mass is 10.0. The number of aromatic carboxylic acids is 1. The summed E-state index contributed by atoms with van der Waals surface area (Å²) >= 11 is 0. The number of carbonyl (C=O) groups is 2. The Morgan fingerprint density at radius 1 is 0.846 bits per heavy atom. The molecule has 0 saturated heterocycles. The Labute approximate surface area is 150 Å². The van der Waals surface area contributed by atoms with Crippen molar-refractivity contribution in [2.24, 2.45) is 0 Å². The number of hydrogen-bond donors (Lipinski definition) is 3. The molecule has 1 amide bonds. The number of carboxylic acids is 1. The second-order valence-electron chi connectivity index (χ2n) is 5.91. The molecule has 0 radical (unpaired) electrons. The van der Waals surface area contributed by atoms with Gasteiger partial charge in [0.15, 0.2) is 0 Å². The van der Waals surface area contributed by atoms with E-state index in [0.29, 0.717) is 0 Å². The number of rotatable bonds is 4. The minimum absolute atomic E-state index is 0.0230. The van der Waals surface area contributed by atoms with Crippen LogP contribution < -0.4 is 5.32 Å². The quantitative estimate of drug-likeness (QED) is 0.656. The molecule has 0 aliphatic rings. The zero-order valence-electron chi connectivity index (χ0n) is 14.1. The molecule has 5 nitrogen and oxygen atoms in total. The first-order valence-electron chi connectivity index (χ1n) is 7.99. The van der Waals surface area contributed by atoms with Gasteiger partial charge in [-0.25, -0.2) is 4.79 Å². The van der Waals surface area contributed by atoms with Gasteiger partial charge >= 0.3 is 5.97 Å². The zero-order valence-corrected chi connectivity index (χ0v) is 14.1. The number of phenolic OH excluding ortho intramolecular Hbond substituents is 1. The average Bonchev–Trinajstić information content (AvgIpc) is 2.64. The van der Waals surface area contributed by atoms with E-state index < -0.39 is 11.9 Å². The van der Waals surface area contributed by atoms with Gasteiger partial charge in [0.2, 0.25) is 0 Å². The van der Waals surface area contributed by atoms with E-state index in [1.807, 2.05) is 30.3 Å². The molecular formula is C21H17NO4. The third-order valence-electron chi connectivity index (χ3n) is 4.00. The normalized spacial score (nSPS) is 10.3. The minimum atomic E-state index is -1.15. The second kappa shape index (κ2) is 7.11. The van der Waals surface area contributed by atoms with Crippen LogP contribution in [-0.4, -0.2) is 22.1 Å². The summed E-state index contributed by atoms with van der Waals surface area (Å²) < 4.78 is 0. The fourth-order valence-electron chi connectivity index (χ4n) is 2.67. The lowest BCUT2D eigenvalue weighted by Crippen LogP contribution is -2.15. The number of anilines is 1. The number of aromatic hydroxyl groups is 1. The van der Waals surface area contributed by atoms with Gasteiger partial charge in [-0.1, -0.05) is 48.0 Å². The summed E-state index contributed by atoms with van der Waals surface area (Å²) in [6.45, 7) is 1.80. The van der Waals surface area contributed by atoms with Crippen LogP contribution in [0.2, 0.25) is 0 Å². The van der Waals surface area contributed by atoms with Crippen LogP contribution in [0.5, 0.6) is 5.75 Å². The van der Waals surface area contributed by atoms with Gasteiger partial charge in [-0.05, 0) is 42.3 Å². The Balaban J connectivity index is 2.01. The van der Waals surface area contributed by atoms with Crippen LogP contribution in [0.1, 0.15) is 26.3 Å². The van der Waals surface area contributed by atoms with Gasteiger partial charge in [0.1, 0.15) is 5.75 Å². The molecule has 0 atom stereocenters. The monoisotopic (exact) mass is 347 g/mol. The van der Waals surface area contributed by atoms with E-state index in [1.54, 1.807) is 31.2 Å². The van der Waals surface area contributed by atoms with Crippen molar-refractivity contribution >= 4 is 17.6 Å². The molecule has 3 rings (SSSR count). The zero-order chi connectivity index (χ0) is 18.7. The van der Waals surface area contributed by atoms with Crippen molar-refractivity contribution in [3.05, 3.63) is 83.4 Å². The molecule has 0 aromatic heterocycles. The van der Waals surface area contributed by atoms with E-state index in [-0.39, 0.29) is 22.6 Å². The molecule has 3 aromatic rings. The van der Waals surface area contributed by atoms with Crippen LogP contribution in [0.25, 0.3) is 11.1 Å². The van der Waals surface area contributed by atoms with Crippen molar-refractivity contribution in [2.45, 2.75) is 6.92 Å². The van der Waals surface area contributed by atoms with E-state index in [0.717, 1.165) is 16.7 Å². The molecular weight excluding hydrogens is 330 g/mol. The molecule has 0 aliphatic carbocycles. The van der Waals surface area contributed by atoms with E-state index >= 15 is 0 Å². The second-order valence-corrected chi connectivity index (χ2v) is 5.91. The smallest absolute Gasteiger partial charge is 0.337 e. The Morgan fingerprint density at radius 2 is 1.58 bits per heavy atom. The first-order valence-corrected chi connectivity index (χ1v) is 7.99. The Hall–Kier alpha value is -3.60. The molecule has 0 saturated carbocycles. The van der Waals surface area contributed by atoms with Crippen molar-refractivity contribution in [3.63, 3.8) is 0 Å². The van der Waals surface area contributed by atoms with Crippen LogP contribution in [0.15, 0.2) is 66.7 Å². The third-order valence-corrected chi connectivity index (χ3v) is 4.00. The summed E-state index contributed by atoms with van der Waals surface area (Å²) in [6, 6.07) is 18.9. The van der Waals surface area contributed by atoms with Crippen LogP contribution >= 0.6 is 0 Å². The number of carbonyl (C=O) groups excluding carboxylic acids is 1.